The van der Waals surface area contributed by atoms with Gasteiger partial charge in [0.25, 0.3) is 5.69 Å². The van der Waals surface area contributed by atoms with Crippen molar-refractivity contribution in [3.8, 4) is 6.07 Å². The molecule has 0 atom stereocenters. The van der Waals surface area contributed by atoms with E-state index in [1.807, 2.05) is 6.07 Å². The van der Waals surface area contributed by atoms with E-state index in [1.54, 1.807) is 0 Å². The van der Waals surface area contributed by atoms with E-state index in [-0.39, 0.29) is 16.9 Å². The first-order valence-electron chi connectivity index (χ1n) is 3.19. The van der Waals surface area contributed by atoms with Crippen LogP contribution in [-0.4, -0.2) is 4.92 Å². The van der Waals surface area contributed by atoms with Gasteiger partial charge in [-0.3, -0.25) is 10.1 Å². The van der Waals surface area contributed by atoms with Gasteiger partial charge < -0.3 is 5.73 Å². The van der Waals surface area contributed by atoms with Crippen LogP contribution in [-0.2, 0) is 0 Å². The summed E-state index contributed by atoms with van der Waals surface area (Å²) in [6.07, 6.45) is 0. The first-order chi connectivity index (χ1) is 6.06. The predicted molar refractivity (Wildman–Crippen MR) is 49.9 cm³/mol. The van der Waals surface area contributed by atoms with Crippen molar-refractivity contribution in [2.75, 3.05) is 5.73 Å². The lowest BCUT2D eigenvalue weighted by Gasteiger charge is -1.99. The number of nitriles is 1. The second-order valence-electron chi connectivity index (χ2n) is 2.26. The highest BCUT2D eigenvalue weighted by Gasteiger charge is 2.12. The van der Waals surface area contributed by atoms with Crippen molar-refractivity contribution in [1.29, 1.82) is 5.26 Å². The Bertz CT molecular complexity index is 388. The number of hydrogen-bond donors (Lipinski definition) is 1. The summed E-state index contributed by atoms with van der Waals surface area (Å²) in [4.78, 5) is 9.78. The molecule has 13 heavy (non-hydrogen) atoms. The van der Waals surface area contributed by atoms with Crippen molar-refractivity contribution in [3.63, 3.8) is 0 Å². The van der Waals surface area contributed by atoms with Crippen molar-refractivity contribution in [2.45, 2.75) is 0 Å². The molecule has 0 bridgehead atoms. The van der Waals surface area contributed by atoms with Crippen molar-refractivity contribution in [1.82, 2.24) is 0 Å². The van der Waals surface area contributed by atoms with Crippen LogP contribution in [0, 0.1) is 21.4 Å². The molecule has 0 unspecified atom stereocenters. The lowest BCUT2D eigenvalue weighted by Crippen LogP contribution is -1.95. The maximum absolute atomic E-state index is 10.4. The average molecular weight is 242 g/mol. The maximum atomic E-state index is 10.4. The molecule has 0 heterocycles. The predicted octanol–water partition coefficient (Wildman–Crippen LogP) is 1.81. The summed E-state index contributed by atoms with van der Waals surface area (Å²) in [7, 11) is 0. The van der Waals surface area contributed by atoms with E-state index in [0.717, 1.165) is 6.07 Å². The van der Waals surface area contributed by atoms with E-state index in [4.69, 9.17) is 11.0 Å². The number of nitrogens with two attached hydrogens (primary N) is 1. The maximum Gasteiger partial charge on any atom is 0.272 e. The first kappa shape index (κ1) is 9.48. The van der Waals surface area contributed by atoms with Crippen LogP contribution in [0.4, 0.5) is 11.4 Å². The van der Waals surface area contributed by atoms with Crippen LogP contribution in [0.3, 0.4) is 0 Å². The molecule has 0 aliphatic rings. The van der Waals surface area contributed by atoms with Gasteiger partial charge >= 0.3 is 0 Å². The smallest absolute Gasteiger partial charge is 0.272 e. The highest BCUT2D eigenvalue weighted by atomic mass is 79.9. The Kier molecular flexibility index (Phi) is 2.49. The normalized spacial score (nSPS) is 9.23. The molecule has 1 rings (SSSR count). The largest absolute Gasteiger partial charge is 0.397 e. The monoisotopic (exact) mass is 241 g/mol. The molecule has 2 N–H and O–H groups in total. The third-order valence-corrected chi connectivity index (χ3v) is 2.05. The third-order valence-electron chi connectivity index (χ3n) is 1.43. The summed E-state index contributed by atoms with van der Waals surface area (Å²) in [5, 5.41) is 19.0. The van der Waals surface area contributed by atoms with Gasteiger partial charge in [-0.15, -0.1) is 0 Å². The Morgan fingerprint density at radius 3 is 2.62 bits per heavy atom. The molecule has 1 aromatic rings. The number of benzene rings is 1. The van der Waals surface area contributed by atoms with E-state index >= 15 is 0 Å². The first-order valence-corrected chi connectivity index (χ1v) is 3.99. The lowest BCUT2D eigenvalue weighted by molar-refractivity contribution is -0.384. The molecular formula is C7H4BrN3O2. The zero-order valence-electron chi connectivity index (χ0n) is 6.32. The van der Waals surface area contributed by atoms with Crippen LogP contribution in [0.2, 0.25) is 0 Å². The number of nitrogens with zero attached hydrogens (tertiary/aromatic N) is 2. The van der Waals surface area contributed by atoms with Crippen LogP contribution in [0.15, 0.2) is 16.6 Å². The number of non-ortho nitro benzene ring substituents is 1. The molecule has 1 aromatic carbocycles. The van der Waals surface area contributed by atoms with Gasteiger partial charge in [0, 0.05) is 16.6 Å². The van der Waals surface area contributed by atoms with Crippen molar-refractivity contribution >= 4 is 27.3 Å². The van der Waals surface area contributed by atoms with Gasteiger partial charge in [0.2, 0.25) is 0 Å². The van der Waals surface area contributed by atoms with E-state index in [0.29, 0.717) is 4.47 Å². The Morgan fingerprint density at radius 2 is 2.23 bits per heavy atom. The molecule has 66 valence electrons. The number of nitro groups is 1. The minimum absolute atomic E-state index is 0.101. The SMILES string of the molecule is N#Cc1c(N)cc([N+](=O)[O-])cc1Br. The minimum atomic E-state index is -0.567. The van der Waals surface area contributed by atoms with Gasteiger partial charge in [-0.25, -0.2) is 0 Å². The molecule has 0 aliphatic carbocycles. The fourth-order valence-electron chi connectivity index (χ4n) is 0.836. The number of nitrogen functional groups attached to an aromatic ring is 1. The number of nitro benzene ring substituents is 1. The van der Waals surface area contributed by atoms with Crippen LogP contribution < -0.4 is 5.73 Å². The summed E-state index contributed by atoms with van der Waals surface area (Å²) in [6, 6.07) is 4.24. The van der Waals surface area contributed by atoms with Crippen molar-refractivity contribution in [3.05, 3.63) is 32.3 Å². The fraction of sp³-hybridized carbons (Fsp3) is 0. The number of halogens is 1. The quantitative estimate of drug-likeness (QED) is 0.461. The summed E-state index contributed by atoms with van der Waals surface area (Å²) in [5.41, 5.74) is 5.59. The summed E-state index contributed by atoms with van der Waals surface area (Å²) >= 11 is 3.02. The third kappa shape index (κ3) is 1.76. The van der Waals surface area contributed by atoms with Gasteiger partial charge in [-0.05, 0) is 15.9 Å². The summed E-state index contributed by atoms with van der Waals surface area (Å²) in [5.74, 6) is 0. The minimum Gasteiger partial charge on any atom is -0.397 e. The number of rotatable bonds is 1. The Balaban J connectivity index is 3.39. The van der Waals surface area contributed by atoms with Gasteiger partial charge in [0.15, 0.2) is 0 Å². The molecule has 0 aromatic heterocycles. The Hall–Kier alpha value is -1.61. The molecule has 0 radical (unpaired) electrons. The van der Waals surface area contributed by atoms with Crippen molar-refractivity contribution < 1.29 is 4.92 Å². The van der Waals surface area contributed by atoms with Crippen LogP contribution in [0.25, 0.3) is 0 Å². The van der Waals surface area contributed by atoms with Gasteiger partial charge in [0.05, 0.1) is 16.2 Å². The zero-order chi connectivity index (χ0) is 10.0. The van der Waals surface area contributed by atoms with Crippen LogP contribution >= 0.6 is 15.9 Å². The Morgan fingerprint density at radius 1 is 1.62 bits per heavy atom. The molecule has 0 saturated heterocycles. The second-order valence-corrected chi connectivity index (χ2v) is 3.12. The van der Waals surface area contributed by atoms with Gasteiger partial charge in [-0.2, -0.15) is 5.26 Å². The van der Waals surface area contributed by atoms with Crippen molar-refractivity contribution in [2.24, 2.45) is 0 Å². The van der Waals surface area contributed by atoms with E-state index in [1.165, 1.54) is 6.07 Å². The molecule has 0 aliphatic heterocycles. The van der Waals surface area contributed by atoms with Gasteiger partial charge in [0.1, 0.15) is 6.07 Å². The molecule has 0 saturated carbocycles. The molecule has 0 amide bonds. The highest BCUT2D eigenvalue weighted by molar-refractivity contribution is 9.10. The van der Waals surface area contributed by atoms with E-state index in [2.05, 4.69) is 15.9 Å². The average Bonchev–Trinajstić information content (AvgIpc) is 2.03. The topological polar surface area (TPSA) is 93.0 Å². The highest BCUT2D eigenvalue weighted by Crippen LogP contribution is 2.27. The van der Waals surface area contributed by atoms with Gasteiger partial charge in [-0.1, -0.05) is 0 Å². The molecule has 6 heteroatoms. The second kappa shape index (κ2) is 3.41. The standard InChI is InChI=1S/C7H4BrN3O2/c8-6-1-4(11(12)13)2-7(10)5(6)3-9/h1-2H,10H2. The molecule has 0 spiro atoms. The molecule has 0 fully saturated rings. The lowest BCUT2D eigenvalue weighted by atomic mass is 10.2. The van der Waals surface area contributed by atoms with E-state index in [9.17, 15) is 10.1 Å². The molecule has 5 nitrogen and oxygen atoms in total. The number of anilines is 1. The Labute approximate surface area is 82.0 Å². The van der Waals surface area contributed by atoms with Crippen LogP contribution in [0.1, 0.15) is 5.56 Å². The van der Waals surface area contributed by atoms with Crippen LogP contribution in [0.5, 0.6) is 0 Å². The summed E-state index contributed by atoms with van der Waals surface area (Å²) in [6.45, 7) is 0. The molecular weight excluding hydrogens is 238 g/mol. The summed E-state index contributed by atoms with van der Waals surface area (Å²) < 4.78 is 0.335. The van der Waals surface area contributed by atoms with E-state index < -0.39 is 4.92 Å². The number of hydrogen-bond acceptors (Lipinski definition) is 4. The zero-order valence-corrected chi connectivity index (χ0v) is 7.91. The fourth-order valence-corrected chi connectivity index (χ4v) is 1.39.